The molecule has 1 aromatic heterocycles. The number of hydrogen-bond donors (Lipinski definition) is 3. The maximum absolute atomic E-state index is 13.4. The number of aromatic nitrogens is 1. The largest absolute Gasteiger partial charge is 0.449 e. The SMILES string of the molecule is CCOC(=O)NC(=O)O[C@H]1C[C@H]2Cc3c([nH]c4ccccc34)[C@]2(C)[C@@]2(C)CC[C@@]34O[C@@H](C(=O)C=C3[C@]12O)C(C)(C)O4. The molecular weight excluding hydrogens is 528 g/mol. The van der Waals surface area contributed by atoms with Crippen LogP contribution in [0.15, 0.2) is 35.9 Å². The van der Waals surface area contributed by atoms with E-state index in [1.54, 1.807) is 6.92 Å². The molecule has 2 saturated carbocycles. The van der Waals surface area contributed by atoms with Gasteiger partial charge in [-0.15, -0.1) is 0 Å². The zero-order chi connectivity index (χ0) is 29.2. The van der Waals surface area contributed by atoms with E-state index in [9.17, 15) is 19.5 Å². The van der Waals surface area contributed by atoms with Crippen molar-refractivity contribution in [3.63, 3.8) is 0 Å². The summed E-state index contributed by atoms with van der Waals surface area (Å²) < 4.78 is 23.6. The van der Waals surface area contributed by atoms with Gasteiger partial charge in [-0.2, -0.15) is 0 Å². The van der Waals surface area contributed by atoms with Crippen LogP contribution in [0.3, 0.4) is 0 Å². The Labute approximate surface area is 237 Å². The number of ether oxygens (including phenoxy) is 4. The summed E-state index contributed by atoms with van der Waals surface area (Å²) in [6, 6.07) is 8.16. The van der Waals surface area contributed by atoms with Crippen molar-refractivity contribution >= 4 is 28.9 Å². The molecule has 10 nitrogen and oxygen atoms in total. The number of para-hydroxylation sites is 1. The number of hydrogen-bond acceptors (Lipinski definition) is 8. The summed E-state index contributed by atoms with van der Waals surface area (Å²) in [4.78, 5) is 42.2. The molecule has 2 aliphatic heterocycles. The van der Waals surface area contributed by atoms with E-state index in [2.05, 4.69) is 29.4 Å². The van der Waals surface area contributed by atoms with Crippen LogP contribution in [0.4, 0.5) is 9.59 Å². The summed E-state index contributed by atoms with van der Waals surface area (Å²) in [5.41, 5.74) is -0.705. The van der Waals surface area contributed by atoms with Crippen LogP contribution < -0.4 is 5.32 Å². The molecule has 7 rings (SSSR count). The van der Waals surface area contributed by atoms with Gasteiger partial charge in [-0.1, -0.05) is 32.0 Å². The van der Waals surface area contributed by atoms with Crippen LogP contribution in [0, 0.1) is 11.3 Å². The summed E-state index contributed by atoms with van der Waals surface area (Å²) in [7, 11) is 0. The molecule has 3 heterocycles. The summed E-state index contributed by atoms with van der Waals surface area (Å²) in [6.07, 6.45) is -0.480. The molecule has 41 heavy (non-hydrogen) atoms. The van der Waals surface area contributed by atoms with Gasteiger partial charge in [0.05, 0.1) is 6.61 Å². The Hall–Kier alpha value is -3.21. The Balaban J connectivity index is 1.39. The number of carbonyl (C=O) groups is 3. The highest BCUT2D eigenvalue weighted by atomic mass is 16.8. The van der Waals surface area contributed by atoms with Crippen molar-refractivity contribution in [2.24, 2.45) is 11.3 Å². The number of ketones is 1. The molecule has 2 aromatic rings. The second kappa shape index (κ2) is 8.20. The van der Waals surface area contributed by atoms with Crippen molar-refractivity contribution in [3.8, 4) is 0 Å². The van der Waals surface area contributed by atoms with Crippen LogP contribution in [0.25, 0.3) is 10.9 Å². The Morgan fingerprint density at radius 3 is 2.66 bits per heavy atom. The topological polar surface area (TPSA) is 136 Å². The first-order valence-electron chi connectivity index (χ1n) is 14.4. The van der Waals surface area contributed by atoms with Gasteiger partial charge in [0, 0.05) is 39.4 Å². The Bertz CT molecular complexity index is 1540. The summed E-state index contributed by atoms with van der Waals surface area (Å²) >= 11 is 0. The number of H-pyrrole nitrogens is 1. The normalized spacial score (nSPS) is 39.7. The van der Waals surface area contributed by atoms with Crippen molar-refractivity contribution in [2.75, 3.05) is 6.61 Å². The van der Waals surface area contributed by atoms with Gasteiger partial charge in [-0.3, -0.25) is 4.79 Å². The number of carbonyl (C=O) groups excluding carboxylic acids is 3. The number of alkyl carbamates (subject to hydrolysis) is 2. The van der Waals surface area contributed by atoms with Crippen LogP contribution in [0.5, 0.6) is 0 Å². The number of fused-ring (bicyclic) bond motifs is 9. The van der Waals surface area contributed by atoms with Gasteiger partial charge >= 0.3 is 12.2 Å². The smallest absolute Gasteiger partial charge is 0.417 e. The van der Waals surface area contributed by atoms with Gasteiger partial charge in [0.1, 0.15) is 17.3 Å². The van der Waals surface area contributed by atoms with E-state index in [-0.39, 0.29) is 23.9 Å². The fraction of sp³-hybridized carbons (Fsp3) is 0.581. The lowest BCUT2D eigenvalue weighted by atomic mass is 9.41. The third kappa shape index (κ3) is 3.16. The monoisotopic (exact) mass is 564 g/mol. The van der Waals surface area contributed by atoms with Crippen LogP contribution in [-0.4, -0.2) is 63.9 Å². The molecule has 0 radical (unpaired) electrons. The van der Waals surface area contributed by atoms with E-state index in [0.29, 0.717) is 19.3 Å². The lowest BCUT2D eigenvalue weighted by molar-refractivity contribution is -0.273. The Morgan fingerprint density at radius 1 is 1.15 bits per heavy atom. The molecule has 3 N–H and O–H groups in total. The number of imide groups is 1. The van der Waals surface area contributed by atoms with E-state index in [0.717, 1.165) is 23.0 Å². The van der Waals surface area contributed by atoms with Gasteiger partial charge in [0.2, 0.25) is 0 Å². The maximum Gasteiger partial charge on any atom is 0.417 e. The molecule has 10 heteroatoms. The molecule has 2 bridgehead atoms. The molecule has 5 aliphatic rings. The Kier molecular flexibility index (Phi) is 5.34. The zero-order valence-electron chi connectivity index (χ0n) is 24.0. The lowest BCUT2D eigenvalue weighted by Gasteiger charge is -2.67. The lowest BCUT2D eigenvalue weighted by Crippen LogP contribution is -2.75. The third-order valence-corrected chi connectivity index (χ3v) is 11.0. The number of amides is 2. The highest BCUT2D eigenvalue weighted by Crippen LogP contribution is 2.72. The minimum absolute atomic E-state index is 0.00238. The highest BCUT2D eigenvalue weighted by Gasteiger charge is 2.78. The fourth-order valence-electron chi connectivity index (χ4n) is 8.94. The van der Waals surface area contributed by atoms with E-state index in [4.69, 9.17) is 18.9 Å². The molecule has 3 aliphatic carbocycles. The minimum atomic E-state index is -1.86. The number of nitrogens with one attached hydrogen (secondary N) is 2. The number of aromatic amines is 1. The third-order valence-electron chi connectivity index (χ3n) is 11.0. The highest BCUT2D eigenvalue weighted by molar-refractivity contribution is 5.97. The molecule has 7 atom stereocenters. The van der Waals surface area contributed by atoms with Crippen molar-refractivity contribution in [2.45, 2.75) is 94.9 Å². The van der Waals surface area contributed by atoms with Gasteiger partial charge in [-0.05, 0) is 63.7 Å². The van der Waals surface area contributed by atoms with Crippen molar-refractivity contribution in [1.82, 2.24) is 10.3 Å². The number of rotatable bonds is 2. The Morgan fingerprint density at radius 2 is 1.90 bits per heavy atom. The van der Waals surface area contributed by atoms with Crippen LogP contribution in [0.1, 0.15) is 65.1 Å². The quantitative estimate of drug-likeness (QED) is 0.494. The molecule has 0 unspecified atom stereocenters. The standard InChI is InChI=1S/C31H36N2O8/c1-6-38-25(35)33-26(36)39-22-14-16-13-18-17-9-7-8-10-19(17)32-23(18)29(16,5)28(4)11-12-30-21(31(22,28)37)15-20(34)24(40-30)27(2,3)41-30/h7-10,15-16,22,24,32,37H,6,11-14H2,1-5H3,(H,33,35,36)/t16-,22+,24+,28-,29-,30+,31+/m1/s1. The zero-order valence-corrected chi connectivity index (χ0v) is 24.0. The minimum Gasteiger partial charge on any atom is -0.449 e. The average Bonchev–Trinajstić information content (AvgIpc) is 3.49. The van der Waals surface area contributed by atoms with Gasteiger partial charge in [0.25, 0.3) is 0 Å². The summed E-state index contributed by atoms with van der Waals surface area (Å²) in [6.45, 7) is 9.52. The molecule has 3 fully saturated rings. The van der Waals surface area contributed by atoms with Crippen molar-refractivity contribution in [3.05, 3.63) is 47.2 Å². The predicted octanol–water partition coefficient (Wildman–Crippen LogP) is 4.18. The fourth-order valence-corrected chi connectivity index (χ4v) is 8.94. The predicted molar refractivity (Wildman–Crippen MR) is 146 cm³/mol. The van der Waals surface area contributed by atoms with Crippen LogP contribution in [-0.2, 0) is 35.6 Å². The first-order valence-corrected chi connectivity index (χ1v) is 14.4. The summed E-state index contributed by atoms with van der Waals surface area (Å²) in [5.74, 6) is -1.63. The van der Waals surface area contributed by atoms with Gasteiger partial charge < -0.3 is 29.0 Å². The van der Waals surface area contributed by atoms with E-state index in [1.807, 2.05) is 32.9 Å². The van der Waals surface area contributed by atoms with E-state index >= 15 is 0 Å². The first-order chi connectivity index (χ1) is 19.3. The molecule has 1 saturated heterocycles. The molecule has 1 spiro atoms. The second-order valence-corrected chi connectivity index (χ2v) is 13.1. The first kappa shape index (κ1) is 26.7. The van der Waals surface area contributed by atoms with E-state index < -0.39 is 52.2 Å². The molecule has 218 valence electrons. The van der Waals surface area contributed by atoms with E-state index in [1.165, 1.54) is 11.6 Å². The summed E-state index contributed by atoms with van der Waals surface area (Å²) in [5, 5.41) is 16.4. The van der Waals surface area contributed by atoms with Gasteiger partial charge in [0.15, 0.2) is 17.7 Å². The molecule has 1 aromatic carbocycles. The van der Waals surface area contributed by atoms with Gasteiger partial charge in [-0.25, -0.2) is 14.9 Å². The van der Waals surface area contributed by atoms with Crippen molar-refractivity contribution in [1.29, 1.82) is 0 Å². The average molecular weight is 565 g/mol. The number of aliphatic hydroxyl groups is 1. The van der Waals surface area contributed by atoms with Crippen molar-refractivity contribution < 1.29 is 38.4 Å². The van der Waals surface area contributed by atoms with Crippen LogP contribution in [0.2, 0.25) is 0 Å². The maximum atomic E-state index is 13.4. The second-order valence-electron chi connectivity index (χ2n) is 13.1. The molecule has 2 amide bonds. The number of benzene rings is 1. The molecular formula is C31H36N2O8. The van der Waals surface area contributed by atoms with Crippen LogP contribution >= 0.6 is 0 Å².